The van der Waals surface area contributed by atoms with E-state index in [1.807, 2.05) is 69.5 Å². The van der Waals surface area contributed by atoms with Crippen LogP contribution in [0.1, 0.15) is 27.7 Å². The highest BCUT2D eigenvalue weighted by Gasteiger charge is 2.53. The molecule has 3 heterocycles. The Morgan fingerprint density at radius 1 is 0.909 bits per heavy atom. The number of hydrogen-bond acceptors (Lipinski definition) is 5. The van der Waals surface area contributed by atoms with Crippen molar-refractivity contribution in [3.05, 3.63) is 71.1 Å². The maximum absolute atomic E-state index is 14.0. The van der Waals surface area contributed by atoms with Gasteiger partial charge in [-0.15, -0.1) is 11.3 Å². The molecule has 0 amide bonds. The molecule has 0 saturated carbocycles. The first-order valence-corrected chi connectivity index (χ1v) is 13.3. The van der Waals surface area contributed by atoms with Crippen LogP contribution in [-0.2, 0) is 19.3 Å². The summed E-state index contributed by atoms with van der Waals surface area (Å²) in [4.78, 5) is 0.972. The van der Waals surface area contributed by atoms with Crippen molar-refractivity contribution in [2.75, 3.05) is 0 Å². The number of hydrogen-bond donors (Lipinski definition) is 0. The number of aromatic nitrogens is 1. The smallest absolute Gasteiger partial charge is 0.399 e. The first-order valence-electron chi connectivity index (χ1n) is 10.6. The Balaban J connectivity index is 1.85. The molecule has 170 valence electrons. The summed E-state index contributed by atoms with van der Waals surface area (Å²) in [6.07, 6.45) is 0. The Hall–Kier alpha value is -2.10. The molecule has 5 rings (SSSR count). The Labute approximate surface area is 203 Å². The molecule has 0 aliphatic carbocycles. The van der Waals surface area contributed by atoms with Crippen molar-refractivity contribution in [3.63, 3.8) is 0 Å². The molecule has 0 N–H and O–H groups in total. The minimum Gasteiger partial charge on any atom is -0.399 e. The summed E-state index contributed by atoms with van der Waals surface area (Å²) in [6.45, 7) is 7.95. The molecule has 0 unspecified atom stereocenters. The van der Waals surface area contributed by atoms with Gasteiger partial charge in [0.1, 0.15) is 0 Å². The van der Waals surface area contributed by atoms with Crippen LogP contribution in [0, 0.1) is 0 Å². The molecule has 9 heteroatoms. The molecule has 0 spiro atoms. The lowest BCUT2D eigenvalue weighted by atomic mass is 9.76. The molecular formula is C24H23BClNO4S2. The van der Waals surface area contributed by atoms with Gasteiger partial charge < -0.3 is 9.31 Å². The average molecular weight is 500 g/mol. The first-order chi connectivity index (χ1) is 15.5. The third-order valence-corrected chi connectivity index (χ3v) is 9.32. The van der Waals surface area contributed by atoms with E-state index in [1.54, 1.807) is 12.1 Å². The van der Waals surface area contributed by atoms with Crippen LogP contribution in [0.4, 0.5) is 0 Å². The number of fused-ring (bicyclic) bond motifs is 1. The van der Waals surface area contributed by atoms with Gasteiger partial charge in [0, 0.05) is 15.9 Å². The molecule has 4 aromatic rings. The number of nitrogens with zero attached hydrogens (tertiary/aromatic N) is 1. The highest BCUT2D eigenvalue weighted by atomic mass is 35.5. The van der Waals surface area contributed by atoms with Gasteiger partial charge in [-0.05, 0) is 69.5 Å². The Kier molecular flexibility index (Phi) is 5.30. The van der Waals surface area contributed by atoms with Crippen LogP contribution in [-0.4, -0.2) is 30.7 Å². The van der Waals surface area contributed by atoms with Crippen molar-refractivity contribution in [2.45, 2.75) is 43.8 Å². The third-order valence-electron chi connectivity index (χ3n) is 6.47. The van der Waals surface area contributed by atoms with Gasteiger partial charge in [-0.25, -0.2) is 12.4 Å². The monoisotopic (exact) mass is 499 g/mol. The van der Waals surface area contributed by atoms with Gasteiger partial charge in [0.05, 0.1) is 32.2 Å². The van der Waals surface area contributed by atoms with Crippen LogP contribution in [0.3, 0.4) is 0 Å². The minimum atomic E-state index is -3.95. The lowest BCUT2D eigenvalue weighted by molar-refractivity contribution is 0.00578. The molecule has 1 saturated heterocycles. The second kappa shape index (κ2) is 7.72. The zero-order valence-electron chi connectivity index (χ0n) is 18.7. The number of para-hydroxylation sites is 1. The maximum atomic E-state index is 14.0. The second-order valence-electron chi connectivity index (χ2n) is 9.07. The standard InChI is InChI=1S/C24H23BClNO4S2/c1-23(2)24(3,4)31-25(30-23)21-18-8-5-6-9-19(18)27(22(21)20-10-7-15-32-20)33(28,29)17-13-11-16(26)12-14-17/h5-15H,1-4H3. The van der Waals surface area contributed by atoms with Crippen molar-refractivity contribution >= 4 is 56.4 Å². The fraction of sp³-hybridized carbons (Fsp3) is 0.250. The molecule has 5 nitrogen and oxygen atoms in total. The number of halogens is 1. The first kappa shape index (κ1) is 22.7. The van der Waals surface area contributed by atoms with Crippen LogP contribution >= 0.6 is 22.9 Å². The molecule has 0 radical (unpaired) electrons. The van der Waals surface area contributed by atoms with Crippen molar-refractivity contribution in [1.29, 1.82) is 0 Å². The minimum absolute atomic E-state index is 0.158. The maximum Gasteiger partial charge on any atom is 0.497 e. The predicted molar refractivity (Wildman–Crippen MR) is 135 cm³/mol. The van der Waals surface area contributed by atoms with E-state index in [1.165, 1.54) is 27.4 Å². The molecule has 0 atom stereocenters. The van der Waals surface area contributed by atoms with Crippen molar-refractivity contribution in [3.8, 4) is 10.6 Å². The van der Waals surface area contributed by atoms with Gasteiger partial charge in [0.15, 0.2) is 0 Å². The molecule has 0 bridgehead atoms. The quantitative estimate of drug-likeness (QED) is 0.345. The molecule has 1 aliphatic heterocycles. The van der Waals surface area contributed by atoms with Gasteiger partial charge in [0.25, 0.3) is 10.0 Å². The lowest BCUT2D eigenvalue weighted by Gasteiger charge is -2.32. The lowest BCUT2D eigenvalue weighted by Crippen LogP contribution is -2.41. The zero-order valence-corrected chi connectivity index (χ0v) is 21.1. The topological polar surface area (TPSA) is 57.5 Å². The Bertz CT molecular complexity index is 1430. The van der Waals surface area contributed by atoms with Gasteiger partial charge >= 0.3 is 7.12 Å². The molecule has 1 fully saturated rings. The van der Waals surface area contributed by atoms with E-state index in [9.17, 15) is 8.42 Å². The summed E-state index contributed by atoms with van der Waals surface area (Å²) in [5, 5.41) is 3.18. The summed E-state index contributed by atoms with van der Waals surface area (Å²) in [6, 6.07) is 17.5. The largest absolute Gasteiger partial charge is 0.497 e. The second-order valence-corrected chi connectivity index (χ2v) is 12.2. The average Bonchev–Trinajstić information content (AvgIpc) is 3.43. The van der Waals surface area contributed by atoms with Crippen molar-refractivity contribution in [2.24, 2.45) is 0 Å². The number of benzene rings is 2. The Morgan fingerprint density at radius 3 is 2.15 bits per heavy atom. The summed E-state index contributed by atoms with van der Waals surface area (Å²) in [5.74, 6) is 0. The predicted octanol–water partition coefficient (Wildman–Crippen LogP) is 5.56. The van der Waals surface area contributed by atoms with Crippen LogP contribution in [0.5, 0.6) is 0 Å². The highest BCUT2D eigenvalue weighted by molar-refractivity contribution is 7.90. The van der Waals surface area contributed by atoms with Crippen LogP contribution < -0.4 is 5.46 Å². The molecular weight excluding hydrogens is 477 g/mol. The fourth-order valence-corrected chi connectivity index (χ4v) is 6.55. The third kappa shape index (κ3) is 3.56. The summed E-state index contributed by atoms with van der Waals surface area (Å²) in [7, 11) is -4.68. The van der Waals surface area contributed by atoms with E-state index < -0.39 is 28.3 Å². The molecule has 2 aromatic carbocycles. The number of thiophene rings is 1. The van der Waals surface area contributed by atoms with E-state index in [0.29, 0.717) is 21.7 Å². The SMILES string of the molecule is CC1(C)OB(c2c(-c3cccs3)n(S(=O)(=O)c3ccc(Cl)cc3)c3ccccc23)OC1(C)C. The van der Waals surface area contributed by atoms with E-state index in [-0.39, 0.29) is 4.90 Å². The normalized spacial score (nSPS) is 17.7. The Morgan fingerprint density at radius 2 is 1.55 bits per heavy atom. The zero-order chi connectivity index (χ0) is 23.6. The molecule has 2 aromatic heterocycles. The van der Waals surface area contributed by atoms with Crippen molar-refractivity contribution in [1.82, 2.24) is 3.97 Å². The van der Waals surface area contributed by atoms with Gasteiger partial charge in [-0.1, -0.05) is 35.9 Å². The van der Waals surface area contributed by atoms with Crippen LogP contribution in [0.2, 0.25) is 5.02 Å². The van der Waals surface area contributed by atoms with Gasteiger partial charge in [-0.3, -0.25) is 0 Å². The number of rotatable bonds is 4. The van der Waals surface area contributed by atoms with E-state index in [4.69, 9.17) is 20.9 Å². The highest BCUT2D eigenvalue weighted by Crippen LogP contribution is 2.40. The van der Waals surface area contributed by atoms with E-state index >= 15 is 0 Å². The summed E-state index contributed by atoms with van der Waals surface area (Å²) in [5.41, 5.74) is 0.704. The van der Waals surface area contributed by atoms with Gasteiger partial charge in [0.2, 0.25) is 0 Å². The molecule has 1 aliphatic rings. The summed E-state index contributed by atoms with van der Waals surface area (Å²) < 4.78 is 42.2. The van der Waals surface area contributed by atoms with Crippen LogP contribution in [0.25, 0.3) is 21.5 Å². The fourth-order valence-electron chi connectivity index (χ4n) is 4.04. The molecule has 33 heavy (non-hydrogen) atoms. The van der Waals surface area contributed by atoms with Gasteiger partial charge in [-0.2, -0.15) is 0 Å². The summed E-state index contributed by atoms with van der Waals surface area (Å²) >= 11 is 7.50. The van der Waals surface area contributed by atoms with Crippen molar-refractivity contribution < 1.29 is 17.7 Å². The van der Waals surface area contributed by atoms with E-state index in [0.717, 1.165) is 10.3 Å². The van der Waals surface area contributed by atoms with Crippen LogP contribution in [0.15, 0.2) is 70.9 Å². The van der Waals surface area contributed by atoms with E-state index in [2.05, 4.69) is 0 Å².